The van der Waals surface area contributed by atoms with Crippen LogP contribution in [0.3, 0.4) is 0 Å². The van der Waals surface area contributed by atoms with E-state index in [0.29, 0.717) is 11.7 Å². The molecule has 0 spiro atoms. The fourth-order valence-corrected chi connectivity index (χ4v) is 2.30. The molecule has 17 heavy (non-hydrogen) atoms. The van der Waals surface area contributed by atoms with Crippen LogP contribution in [0.25, 0.3) is 0 Å². The fraction of sp³-hybridized carbons (Fsp3) is 0.538. The number of rotatable bonds is 3. The molecule has 1 heterocycles. The van der Waals surface area contributed by atoms with Gasteiger partial charge in [-0.15, -0.1) is 0 Å². The van der Waals surface area contributed by atoms with E-state index in [9.17, 15) is 4.79 Å². The van der Waals surface area contributed by atoms with Crippen molar-refractivity contribution in [2.75, 3.05) is 12.4 Å². The number of hydrogen-bond acceptors (Lipinski definition) is 3. The summed E-state index contributed by atoms with van der Waals surface area (Å²) in [5.74, 6) is 1.37. The zero-order valence-corrected chi connectivity index (χ0v) is 10.4. The third-order valence-electron chi connectivity index (χ3n) is 3.27. The molecule has 1 fully saturated rings. The SMILES string of the molecule is CNc1cccc(C(=O)NC2CCC(C)C2)n1. The first-order chi connectivity index (χ1) is 8.19. The van der Waals surface area contributed by atoms with Gasteiger partial charge in [0.2, 0.25) is 0 Å². The maximum Gasteiger partial charge on any atom is 0.270 e. The summed E-state index contributed by atoms with van der Waals surface area (Å²) in [5.41, 5.74) is 0.483. The molecule has 4 heteroatoms. The van der Waals surface area contributed by atoms with Crippen LogP contribution in [0.4, 0.5) is 5.82 Å². The molecule has 92 valence electrons. The van der Waals surface area contributed by atoms with Gasteiger partial charge in [-0.2, -0.15) is 0 Å². The summed E-state index contributed by atoms with van der Waals surface area (Å²) < 4.78 is 0. The van der Waals surface area contributed by atoms with Gasteiger partial charge in [0.15, 0.2) is 0 Å². The Balaban J connectivity index is 1.99. The normalized spacial score (nSPS) is 23.4. The molecule has 1 saturated carbocycles. The molecule has 0 aromatic carbocycles. The number of pyridine rings is 1. The van der Waals surface area contributed by atoms with Gasteiger partial charge in [-0.1, -0.05) is 13.0 Å². The van der Waals surface area contributed by atoms with Crippen LogP contribution in [0.5, 0.6) is 0 Å². The molecule has 0 bridgehead atoms. The second-order valence-corrected chi connectivity index (χ2v) is 4.75. The summed E-state index contributed by atoms with van der Waals surface area (Å²) in [6.45, 7) is 2.23. The molecule has 4 nitrogen and oxygen atoms in total. The first-order valence-corrected chi connectivity index (χ1v) is 6.14. The summed E-state index contributed by atoms with van der Waals surface area (Å²) in [6, 6.07) is 5.74. The quantitative estimate of drug-likeness (QED) is 0.840. The Hall–Kier alpha value is -1.58. The number of aromatic nitrogens is 1. The molecule has 0 saturated heterocycles. The van der Waals surface area contributed by atoms with Gasteiger partial charge in [0.05, 0.1) is 0 Å². The zero-order chi connectivity index (χ0) is 12.3. The minimum Gasteiger partial charge on any atom is -0.373 e. The van der Waals surface area contributed by atoms with Crippen LogP contribution in [0.15, 0.2) is 18.2 Å². The van der Waals surface area contributed by atoms with E-state index in [1.54, 1.807) is 13.1 Å². The topological polar surface area (TPSA) is 54.0 Å². The van der Waals surface area contributed by atoms with Crippen LogP contribution in [0, 0.1) is 5.92 Å². The molecular weight excluding hydrogens is 214 g/mol. The lowest BCUT2D eigenvalue weighted by atomic mass is 10.1. The van der Waals surface area contributed by atoms with Gasteiger partial charge in [-0.25, -0.2) is 4.98 Å². The van der Waals surface area contributed by atoms with Crippen LogP contribution < -0.4 is 10.6 Å². The van der Waals surface area contributed by atoms with Gasteiger partial charge in [-0.05, 0) is 37.3 Å². The minimum absolute atomic E-state index is 0.0683. The predicted molar refractivity (Wildman–Crippen MR) is 68.1 cm³/mol. The number of carbonyl (C=O) groups excluding carboxylic acids is 1. The smallest absolute Gasteiger partial charge is 0.270 e. The van der Waals surface area contributed by atoms with E-state index in [2.05, 4.69) is 22.5 Å². The molecule has 0 aliphatic heterocycles. The lowest BCUT2D eigenvalue weighted by molar-refractivity contribution is 0.0932. The second kappa shape index (κ2) is 5.17. The number of amides is 1. The Labute approximate surface area is 102 Å². The highest BCUT2D eigenvalue weighted by Crippen LogP contribution is 2.24. The maximum absolute atomic E-state index is 12.0. The Morgan fingerprint density at radius 1 is 1.41 bits per heavy atom. The molecule has 2 rings (SSSR count). The lowest BCUT2D eigenvalue weighted by Crippen LogP contribution is -2.33. The van der Waals surface area contributed by atoms with E-state index in [1.807, 2.05) is 12.1 Å². The summed E-state index contributed by atoms with van der Waals surface area (Å²) >= 11 is 0. The summed E-state index contributed by atoms with van der Waals surface area (Å²) in [5, 5.41) is 5.98. The first-order valence-electron chi connectivity index (χ1n) is 6.14. The molecule has 2 unspecified atom stereocenters. The number of carbonyl (C=O) groups is 1. The van der Waals surface area contributed by atoms with Gasteiger partial charge < -0.3 is 10.6 Å². The first kappa shape index (κ1) is 11.9. The Morgan fingerprint density at radius 2 is 2.24 bits per heavy atom. The van der Waals surface area contributed by atoms with Gasteiger partial charge in [0.1, 0.15) is 11.5 Å². The van der Waals surface area contributed by atoms with Crippen LogP contribution >= 0.6 is 0 Å². The number of nitrogens with one attached hydrogen (secondary N) is 2. The van der Waals surface area contributed by atoms with Crippen molar-refractivity contribution < 1.29 is 4.79 Å². The van der Waals surface area contributed by atoms with Gasteiger partial charge in [0.25, 0.3) is 5.91 Å². The summed E-state index contributed by atoms with van der Waals surface area (Å²) in [7, 11) is 1.79. The molecule has 2 N–H and O–H groups in total. The van der Waals surface area contributed by atoms with E-state index >= 15 is 0 Å². The van der Waals surface area contributed by atoms with Crippen molar-refractivity contribution in [2.45, 2.75) is 32.2 Å². The summed E-state index contributed by atoms with van der Waals surface area (Å²) in [6.07, 6.45) is 3.37. The Kier molecular flexibility index (Phi) is 3.61. The molecule has 0 radical (unpaired) electrons. The van der Waals surface area contributed by atoms with Gasteiger partial charge in [0, 0.05) is 13.1 Å². The molecule has 1 aliphatic carbocycles. The molecule has 1 aromatic rings. The van der Waals surface area contributed by atoms with E-state index in [4.69, 9.17) is 0 Å². The highest BCUT2D eigenvalue weighted by molar-refractivity contribution is 5.92. The van der Waals surface area contributed by atoms with E-state index < -0.39 is 0 Å². The fourth-order valence-electron chi connectivity index (χ4n) is 2.30. The van der Waals surface area contributed by atoms with Crippen molar-refractivity contribution in [3.8, 4) is 0 Å². The predicted octanol–water partition coefficient (Wildman–Crippen LogP) is 2.04. The van der Waals surface area contributed by atoms with Crippen LogP contribution in [-0.2, 0) is 0 Å². The van der Waals surface area contributed by atoms with E-state index in [-0.39, 0.29) is 5.91 Å². The monoisotopic (exact) mass is 233 g/mol. The summed E-state index contributed by atoms with van der Waals surface area (Å²) in [4.78, 5) is 16.2. The van der Waals surface area contributed by atoms with Gasteiger partial charge in [-0.3, -0.25) is 4.79 Å². The average molecular weight is 233 g/mol. The molecular formula is C13H19N3O. The van der Waals surface area contributed by atoms with Crippen molar-refractivity contribution in [1.29, 1.82) is 0 Å². The molecule has 1 amide bonds. The largest absolute Gasteiger partial charge is 0.373 e. The van der Waals surface area contributed by atoms with E-state index in [0.717, 1.165) is 24.6 Å². The lowest BCUT2D eigenvalue weighted by Gasteiger charge is -2.12. The van der Waals surface area contributed by atoms with Crippen LogP contribution in [0.1, 0.15) is 36.7 Å². The standard InChI is InChI=1S/C13H19N3O/c1-9-6-7-10(8-9)15-13(17)11-4-3-5-12(14-2)16-11/h3-5,9-10H,6-8H2,1-2H3,(H,14,16)(H,15,17). The molecule has 2 atom stereocenters. The van der Waals surface area contributed by atoms with Crippen molar-refractivity contribution >= 4 is 11.7 Å². The minimum atomic E-state index is -0.0683. The molecule has 1 aliphatic rings. The highest BCUT2D eigenvalue weighted by Gasteiger charge is 2.23. The van der Waals surface area contributed by atoms with E-state index in [1.165, 1.54) is 6.42 Å². The van der Waals surface area contributed by atoms with Gasteiger partial charge >= 0.3 is 0 Å². The number of nitrogens with zero attached hydrogens (tertiary/aromatic N) is 1. The molecule has 1 aromatic heterocycles. The Bertz CT molecular complexity index is 405. The van der Waals surface area contributed by atoms with Crippen LogP contribution in [0.2, 0.25) is 0 Å². The zero-order valence-electron chi connectivity index (χ0n) is 10.4. The van der Waals surface area contributed by atoms with Crippen LogP contribution in [-0.4, -0.2) is 24.0 Å². The van der Waals surface area contributed by atoms with Crippen molar-refractivity contribution in [3.05, 3.63) is 23.9 Å². The number of hydrogen-bond donors (Lipinski definition) is 2. The van der Waals surface area contributed by atoms with Crippen molar-refractivity contribution in [1.82, 2.24) is 10.3 Å². The highest BCUT2D eigenvalue weighted by atomic mass is 16.1. The third-order valence-corrected chi connectivity index (χ3v) is 3.27. The maximum atomic E-state index is 12.0. The average Bonchev–Trinajstić information content (AvgIpc) is 2.75. The Morgan fingerprint density at radius 3 is 2.88 bits per heavy atom. The van der Waals surface area contributed by atoms with Crippen molar-refractivity contribution in [3.63, 3.8) is 0 Å². The number of anilines is 1. The second-order valence-electron chi connectivity index (χ2n) is 4.75. The van der Waals surface area contributed by atoms with Crippen molar-refractivity contribution in [2.24, 2.45) is 5.92 Å². The third kappa shape index (κ3) is 2.96.